The van der Waals surface area contributed by atoms with Gasteiger partial charge in [-0.25, -0.2) is 4.68 Å². The van der Waals surface area contributed by atoms with Crippen LogP contribution < -0.4 is 10.1 Å². The van der Waals surface area contributed by atoms with E-state index in [-0.39, 0.29) is 12.5 Å². The Labute approximate surface area is 155 Å². The van der Waals surface area contributed by atoms with Crippen LogP contribution in [0.2, 0.25) is 10.0 Å². The van der Waals surface area contributed by atoms with Gasteiger partial charge in [-0.15, -0.1) is 0 Å². The second-order valence-corrected chi connectivity index (χ2v) is 6.17. The molecule has 1 heterocycles. The fraction of sp³-hybridized carbons (Fsp3) is 0.111. The van der Waals surface area contributed by atoms with Gasteiger partial charge in [-0.3, -0.25) is 4.79 Å². The molecule has 5 nitrogen and oxygen atoms in total. The average molecular weight is 376 g/mol. The molecule has 0 aliphatic carbocycles. The van der Waals surface area contributed by atoms with Crippen LogP contribution in [0.4, 0.5) is 5.82 Å². The highest BCUT2D eigenvalue weighted by Gasteiger charge is 2.12. The summed E-state index contributed by atoms with van der Waals surface area (Å²) in [5, 5.41) is 8.07. The van der Waals surface area contributed by atoms with Crippen LogP contribution in [-0.2, 0) is 4.79 Å². The van der Waals surface area contributed by atoms with E-state index in [4.69, 9.17) is 27.9 Å². The SMILES string of the molecule is Cc1cc(NC(=O)COc2cc(Cl)ccc2Cl)n(-c2ccccc2)n1. The summed E-state index contributed by atoms with van der Waals surface area (Å²) < 4.78 is 7.11. The lowest BCUT2D eigenvalue weighted by molar-refractivity contribution is -0.118. The van der Waals surface area contributed by atoms with Gasteiger partial charge >= 0.3 is 0 Å². The van der Waals surface area contributed by atoms with Gasteiger partial charge in [-0.2, -0.15) is 5.10 Å². The van der Waals surface area contributed by atoms with Gasteiger partial charge in [-0.1, -0.05) is 41.4 Å². The molecule has 0 radical (unpaired) electrons. The number of aryl methyl sites for hydroxylation is 1. The topological polar surface area (TPSA) is 56.1 Å². The van der Waals surface area contributed by atoms with Crippen molar-refractivity contribution in [3.05, 3.63) is 70.3 Å². The number of anilines is 1. The maximum Gasteiger partial charge on any atom is 0.263 e. The number of carbonyl (C=O) groups is 1. The summed E-state index contributed by atoms with van der Waals surface area (Å²) in [6.45, 7) is 1.66. The molecule has 0 aliphatic rings. The van der Waals surface area contributed by atoms with Gasteiger partial charge < -0.3 is 10.1 Å². The van der Waals surface area contributed by atoms with E-state index in [0.717, 1.165) is 11.4 Å². The molecule has 0 spiro atoms. The summed E-state index contributed by atoms with van der Waals surface area (Å²) in [5.74, 6) is 0.597. The highest BCUT2D eigenvalue weighted by atomic mass is 35.5. The summed E-state index contributed by atoms with van der Waals surface area (Å²) in [5.41, 5.74) is 1.64. The number of nitrogens with one attached hydrogen (secondary N) is 1. The lowest BCUT2D eigenvalue weighted by Crippen LogP contribution is -2.22. The molecule has 128 valence electrons. The Kier molecular flexibility index (Phi) is 5.26. The summed E-state index contributed by atoms with van der Waals surface area (Å²) in [6.07, 6.45) is 0. The molecule has 1 N–H and O–H groups in total. The third kappa shape index (κ3) is 4.32. The van der Waals surface area contributed by atoms with Gasteiger partial charge in [-0.05, 0) is 31.2 Å². The van der Waals surface area contributed by atoms with Crippen LogP contribution in [0.15, 0.2) is 54.6 Å². The van der Waals surface area contributed by atoms with E-state index in [1.807, 2.05) is 37.3 Å². The smallest absolute Gasteiger partial charge is 0.263 e. The Hall–Kier alpha value is -2.50. The predicted octanol–water partition coefficient (Wildman–Crippen LogP) is 4.51. The number of hydrogen-bond donors (Lipinski definition) is 1. The second kappa shape index (κ2) is 7.59. The molecule has 25 heavy (non-hydrogen) atoms. The van der Waals surface area contributed by atoms with Crippen LogP contribution in [0, 0.1) is 6.92 Å². The van der Waals surface area contributed by atoms with E-state index in [2.05, 4.69) is 10.4 Å². The molecule has 3 aromatic rings. The summed E-state index contributed by atoms with van der Waals surface area (Å²) in [6, 6.07) is 16.2. The Bertz CT molecular complexity index is 895. The first-order chi connectivity index (χ1) is 12.0. The second-order valence-electron chi connectivity index (χ2n) is 5.33. The highest BCUT2D eigenvalue weighted by molar-refractivity contribution is 6.34. The quantitative estimate of drug-likeness (QED) is 0.713. The first-order valence-corrected chi connectivity index (χ1v) is 8.28. The monoisotopic (exact) mass is 375 g/mol. The lowest BCUT2D eigenvalue weighted by atomic mass is 10.3. The van der Waals surface area contributed by atoms with Crippen molar-refractivity contribution in [2.45, 2.75) is 6.92 Å². The minimum Gasteiger partial charge on any atom is -0.482 e. The predicted molar refractivity (Wildman–Crippen MR) is 98.9 cm³/mol. The summed E-state index contributed by atoms with van der Waals surface area (Å²) in [4.78, 5) is 12.2. The van der Waals surface area contributed by atoms with Gasteiger partial charge in [0, 0.05) is 17.2 Å². The Balaban J connectivity index is 1.70. The molecule has 0 aliphatic heterocycles. The highest BCUT2D eigenvalue weighted by Crippen LogP contribution is 2.27. The van der Waals surface area contributed by atoms with E-state index < -0.39 is 0 Å². The maximum absolute atomic E-state index is 12.2. The number of amides is 1. The van der Waals surface area contributed by atoms with E-state index in [9.17, 15) is 4.79 Å². The molecule has 0 atom stereocenters. The number of rotatable bonds is 5. The first-order valence-electron chi connectivity index (χ1n) is 7.53. The zero-order valence-corrected chi connectivity index (χ0v) is 14.9. The van der Waals surface area contributed by atoms with Crippen molar-refractivity contribution in [2.24, 2.45) is 0 Å². The van der Waals surface area contributed by atoms with Crippen molar-refractivity contribution in [1.82, 2.24) is 9.78 Å². The number of benzene rings is 2. The molecule has 7 heteroatoms. The van der Waals surface area contributed by atoms with Crippen LogP contribution in [0.1, 0.15) is 5.69 Å². The molecule has 3 rings (SSSR count). The van der Waals surface area contributed by atoms with Crippen LogP contribution in [0.25, 0.3) is 5.69 Å². The lowest BCUT2D eigenvalue weighted by Gasteiger charge is -2.10. The van der Waals surface area contributed by atoms with Crippen LogP contribution in [0.3, 0.4) is 0 Å². The molecule has 0 saturated heterocycles. The zero-order chi connectivity index (χ0) is 17.8. The summed E-state index contributed by atoms with van der Waals surface area (Å²) in [7, 11) is 0. The largest absolute Gasteiger partial charge is 0.482 e. The first kappa shape index (κ1) is 17.3. The van der Waals surface area contributed by atoms with E-state index >= 15 is 0 Å². The van der Waals surface area contributed by atoms with E-state index in [1.54, 1.807) is 28.9 Å². The molecule has 0 unspecified atom stereocenters. The number of para-hydroxylation sites is 1. The molecule has 0 fully saturated rings. The Morgan fingerprint density at radius 1 is 1.16 bits per heavy atom. The number of ether oxygens (including phenoxy) is 1. The molecular formula is C18H15Cl2N3O2. The average Bonchev–Trinajstić information content (AvgIpc) is 2.96. The zero-order valence-electron chi connectivity index (χ0n) is 13.4. The fourth-order valence-corrected chi connectivity index (χ4v) is 2.60. The minimum absolute atomic E-state index is 0.195. The van der Waals surface area contributed by atoms with E-state index in [1.165, 1.54) is 0 Å². The minimum atomic E-state index is -0.326. The van der Waals surface area contributed by atoms with Crippen LogP contribution in [-0.4, -0.2) is 22.3 Å². The third-order valence-corrected chi connectivity index (χ3v) is 3.90. The Morgan fingerprint density at radius 3 is 2.68 bits per heavy atom. The van der Waals surface area contributed by atoms with Crippen LogP contribution in [0.5, 0.6) is 5.75 Å². The fourth-order valence-electron chi connectivity index (χ4n) is 2.26. The normalized spacial score (nSPS) is 10.5. The summed E-state index contributed by atoms with van der Waals surface area (Å²) >= 11 is 11.9. The van der Waals surface area contributed by atoms with Crippen molar-refractivity contribution >= 4 is 34.9 Å². The van der Waals surface area contributed by atoms with Gasteiger partial charge in [0.15, 0.2) is 6.61 Å². The van der Waals surface area contributed by atoms with E-state index in [0.29, 0.717) is 21.6 Å². The van der Waals surface area contributed by atoms with Gasteiger partial charge in [0.25, 0.3) is 5.91 Å². The molecule has 1 aromatic heterocycles. The molecule has 0 bridgehead atoms. The number of nitrogens with zero attached hydrogens (tertiary/aromatic N) is 2. The number of aromatic nitrogens is 2. The Morgan fingerprint density at radius 2 is 1.92 bits per heavy atom. The molecule has 0 saturated carbocycles. The number of carbonyl (C=O) groups excluding carboxylic acids is 1. The molecule has 1 amide bonds. The standard InChI is InChI=1S/C18H15Cl2N3O2/c1-12-9-17(23(22-12)14-5-3-2-4-6-14)21-18(24)11-25-16-10-13(19)7-8-15(16)20/h2-10H,11H2,1H3,(H,21,24). The maximum atomic E-state index is 12.2. The number of halogens is 2. The van der Waals surface area contributed by atoms with Crippen molar-refractivity contribution in [1.29, 1.82) is 0 Å². The van der Waals surface area contributed by atoms with Crippen LogP contribution >= 0.6 is 23.2 Å². The van der Waals surface area contributed by atoms with Crippen molar-refractivity contribution in [3.8, 4) is 11.4 Å². The van der Waals surface area contributed by atoms with Crippen molar-refractivity contribution in [2.75, 3.05) is 11.9 Å². The molecule has 2 aromatic carbocycles. The molecular weight excluding hydrogens is 361 g/mol. The van der Waals surface area contributed by atoms with Crippen molar-refractivity contribution in [3.63, 3.8) is 0 Å². The van der Waals surface area contributed by atoms with Gasteiger partial charge in [0.05, 0.1) is 16.4 Å². The van der Waals surface area contributed by atoms with Crippen molar-refractivity contribution < 1.29 is 9.53 Å². The van der Waals surface area contributed by atoms with Gasteiger partial charge in [0.2, 0.25) is 0 Å². The third-order valence-electron chi connectivity index (χ3n) is 3.35. The number of hydrogen-bond acceptors (Lipinski definition) is 3. The van der Waals surface area contributed by atoms with Gasteiger partial charge in [0.1, 0.15) is 11.6 Å².